The molecule has 0 aromatic heterocycles. The van der Waals surface area contributed by atoms with Crippen molar-refractivity contribution in [2.24, 2.45) is 0 Å². The SMILES string of the molecule is Cc1ccc2cc1OCO2. The Kier molecular flexibility index (Phi) is 1.07. The molecule has 2 bridgehead atoms. The van der Waals surface area contributed by atoms with E-state index in [1.165, 1.54) is 0 Å². The molecule has 2 nitrogen and oxygen atoms in total. The van der Waals surface area contributed by atoms with Gasteiger partial charge in [-0.15, -0.1) is 0 Å². The molecule has 0 saturated heterocycles. The Morgan fingerprint density at radius 2 is 2.20 bits per heavy atom. The van der Waals surface area contributed by atoms with Crippen LogP contribution in [0.15, 0.2) is 18.2 Å². The van der Waals surface area contributed by atoms with E-state index in [0.29, 0.717) is 6.79 Å². The van der Waals surface area contributed by atoms with Crippen LogP contribution in [0.25, 0.3) is 0 Å². The number of hydrogen-bond donors (Lipinski definition) is 0. The molecule has 0 aliphatic carbocycles. The molecule has 1 aliphatic heterocycles. The molecule has 0 atom stereocenters. The smallest absolute Gasteiger partial charge is 0.230 e. The maximum Gasteiger partial charge on any atom is 0.230 e. The number of aryl methyl sites for hydroxylation is 1. The third kappa shape index (κ3) is 0.727. The fraction of sp³-hybridized carbons (Fsp3) is 0.250. The van der Waals surface area contributed by atoms with Crippen LogP contribution in [0.4, 0.5) is 0 Å². The second-order valence-corrected chi connectivity index (χ2v) is 2.33. The minimum absolute atomic E-state index is 0.350. The maximum atomic E-state index is 5.19. The van der Waals surface area contributed by atoms with Crippen molar-refractivity contribution in [1.82, 2.24) is 0 Å². The van der Waals surface area contributed by atoms with E-state index in [4.69, 9.17) is 9.47 Å². The van der Waals surface area contributed by atoms with Crippen molar-refractivity contribution in [3.05, 3.63) is 23.8 Å². The van der Waals surface area contributed by atoms with Crippen LogP contribution in [0.5, 0.6) is 11.5 Å². The average molecular weight is 136 g/mol. The van der Waals surface area contributed by atoms with Gasteiger partial charge in [0, 0.05) is 6.07 Å². The van der Waals surface area contributed by atoms with Gasteiger partial charge >= 0.3 is 0 Å². The fourth-order valence-electron chi connectivity index (χ4n) is 0.987. The summed E-state index contributed by atoms with van der Waals surface area (Å²) in [6.07, 6.45) is 0. The monoisotopic (exact) mass is 136 g/mol. The summed E-state index contributed by atoms with van der Waals surface area (Å²) in [4.78, 5) is 0. The molecule has 0 radical (unpaired) electrons. The highest BCUT2D eigenvalue weighted by molar-refractivity contribution is 5.40. The third-order valence-corrected chi connectivity index (χ3v) is 1.60. The zero-order valence-electron chi connectivity index (χ0n) is 5.76. The average Bonchev–Trinajstić information content (AvgIpc) is 1.99. The van der Waals surface area contributed by atoms with Crippen molar-refractivity contribution in [3.63, 3.8) is 0 Å². The lowest BCUT2D eigenvalue weighted by Gasteiger charge is -2.16. The zero-order valence-corrected chi connectivity index (χ0v) is 5.76. The van der Waals surface area contributed by atoms with E-state index >= 15 is 0 Å². The summed E-state index contributed by atoms with van der Waals surface area (Å²) in [5, 5.41) is 0. The molecule has 52 valence electrons. The summed E-state index contributed by atoms with van der Waals surface area (Å²) >= 11 is 0. The molecule has 1 aromatic carbocycles. The highest BCUT2D eigenvalue weighted by Crippen LogP contribution is 2.27. The first-order valence-corrected chi connectivity index (χ1v) is 3.22. The van der Waals surface area contributed by atoms with Crippen LogP contribution in [0, 0.1) is 6.92 Å². The van der Waals surface area contributed by atoms with Gasteiger partial charge in [-0.3, -0.25) is 0 Å². The summed E-state index contributed by atoms with van der Waals surface area (Å²) in [5.74, 6) is 1.83. The number of hydrogen-bond acceptors (Lipinski definition) is 2. The Labute approximate surface area is 59.4 Å². The highest BCUT2D eigenvalue weighted by Gasteiger charge is 2.07. The number of benzene rings is 1. The zero-order chi connectivity index (χ0) is 6.97. The van der Waals surface area contributed by atoms with E-state index in [1.54, 1.807) is 0 Å². The minimum Gasteiger partial charge on any atom is -0.457 e. The summed E-state index contributed by atoms with van der Waals surface area (Å²) in [5.41, 5.74) is 1.16. The molecule has 1 heterocycles. The van der Waals surface area contributed by atoms with Crippen LogP contribution in [-0.2, 0) is 0 Å². The van der Waals surface area contributed by atoms with Gasteiger partial charge in [0.1, 0.15) is 11.5 Å². The first-order valence-electron chi connectivity index (χ1n) is 3.22. The van der Waals surface area contributed by atoms with Crippen LogP contribution in [0.3, 0.4) is 0 Å². The Bertz CT molecular complexity index is 255. The molecule has 2 rings (SSSR count). The minimum atomic E-state index is 0.350. The fourth-order valence-corrected chi connectivity index (χ4v) is 0.987. The molecule has 10 heavy (non-hydrogen) atoms. The molecule has 0 saturated carbocycles. The third-order valence-electron chi connectivity index (χ3n) is 1.60. The Hall–Kier alpha value is -1.18. The molecule has 0 N–H and O–H groups in total. The van der Waals surface area contributed by atoms with Crippen LogP contribution in [-0.4, -0.2) is 6.79 Å². The topological polar surface area (TPSA) is 18.5 Å². The Morgan fingerprint density at radius 3 is 3.00 bits per heavy atom. The molecule has 0 spiro atoms. The van der Waals surface area contributed by atoms with E-state index in [0.717, 1.165) is 17.1 Å². The van der Waals surface area contributed by atoms with Gasteiger partial charge < -0.3 is 9.47 Å². The Morgan fingerprint density at radius 1 is 1.30 bits per heavy atom. The van der Waals surface area contributed by atoms with Gasteiger partial charge in [-0.2, -0.15) is 0 Å². The largest absolute Gasteiger partial charge is 0.457 e. The Balaban J connectivity index is 2.56. The van der Waals surface area contributed by atoms with Gasteiger partial charge in [0.2, 0.25) is 6.79 Å². The lowest BCUT2D eigenvalue weighted by molar-refractivity contribution is 0.105. The van der Waals surface area contributed by atoms with Crippen LogP contribution < -0.4 is 9.47 Å². The number of ether oxygens (including phenoxy) is 2. The van der Waals surface area contributed by atoms with Gasteiger partial charge in [-0.05, 0) is 18.6 Å². The summed E-state index contributed by atoms with van der Waals surface area (Å²) in [6, 6.07) is 5.84. The van der Waals surface area contributed by atoms with Crippen LogP contribution in [0.2, 0.25) is 0 Å². The van der Waals surface area contributed by atoms with E-state index in [2.05, 4.69) is 0 Å². The predicted molar refractivity (Wildman–Crippen MR) is 37.3 cm³/mol. The summed E-state index contributed by atoms with van der Waals surface area (Å²) in [7, 11) is 0. The van der Waals surface area contributed by atoms with Crippen molar-refractivity contribution >= 4 is 0 Å². The normalized spacial score (nSPS) is 13.7. The van der Waals surface area contributed by atoms with E-state index < -0.39 is 0 Å². The first kappa shape index (κ1) is 5.59. The molecule has 0 fully saturated rings. The first-order chi connectivity index (χ1) is 4.86. The number of fused-ring (bicyclic) bond motifs is 2. The van der Waals surface area contributed by atoms with Crippen molar-refractivity contribution < 1.29 is 9.47 Å². The molecular formula is C8H8O2. The van der Waals surface area contributed by atoms with Crippen molar-refractivity contribution in [1.29, 1.82) is 0 Å². The van der Waals surface area contributed by atoms with Gasteiger partial charge in [0.25, 0.3) is 0 Å². The lowest BCUT2D eigenvalue weighted by Crippen LogP contribution is -2.10. The molecule has 1 aromatic rings. The lowest BCUT2D eigenvalue weighted by atomic mass is 10.2. The van der Waals surface area contributed by atoms with E-state index in [1.807, 2.05) is 25.1 Å². The summed E-state index contributed by atoms with van der Waals surface area (Å²) in [6.45, 7) is 2.37. The molecule has 1 aliphatic rings. The van der Waals surface area contributed by atoms with Crippen molar-refractivity contribution in [2.45, 2.75) is 6.92 Å². The van der Waals surface area contributed by atoms with Gasteiger partial charge in [0.05, 0.1) is 0 Å². The van der Waals surface area contributed by atoms with E-state index in [-0.39, 0.29) is 0 Å². The predicted octanol–water partition coefficient (Wildman–Crippen LogP) is 1.72. The molecule has 2 heteroatoms. The van der Waals surface area contributed by atoms with Gasteiger partial charge in [-0.1, -0.05) is 6.07 Å². The number of rotatable bonds is 0. The molecule has 0 unspecified atom stereocenters. The molecule has 0 amide bonds. The van der Waals surface area contributed by atoms with Gasteiger partial charge in [0.15, 0.2) is 0 Å². The van der Waals surface area contributed by atoms with Crippen LogP contribution in [0.1, 0.15) is 5.56 Å². The molecular weight excluding hydrogens is 128 g/mol. The van der Waals surface area contributed by atoms with Crippen molar-refractivity contribution in [3.8, 4) is 11.5 Å². The van der Waals surface area contributed by atoms with E-state index in [9.17, 15) is 0 Å². The highest BCUT2D eigenvalue weighted by atomic mass is 16.7. The second-order valence-electron chi connectivity index (χ2n) is 2.33. The van der Waals surface area contributed by atoms with Crippen molar-refractivity contribution in [2.75, 3.05) is 6.79 Å². The standard InChI is InChI=1S/C8H8O2/c1-6-2-3-7-4-8(6)10-5-9-7/h2-4H,5H2,1H3. The summed E-state index contributed by atoms with van der Waals surface area (Å²) < 4.78 is 10.3. The maximum absolute atomic E-state index is 5.19. The quantitative estimate of drug-likeness (QED) is 0.540. The second kappa shape index (κ2) is 1.90. The van der Waals surface area contributed by atoms with Crippen LogP contribution >= 0.6 is 0 Å². The van der Waals surface area contributed by atoms with Gasteiger partial charge in [-0.25, -0.2) is 0 Å².